The standard InChI is InChI=1S/C27H33ClN4O3Si/c1-31(2)27(35)22-14-20-19-8-6-7-9-21(19)30-24(20)25(32(22)23(33)15-28)17-10-12-18(13-11-17)26(34)29-16-36(3,4)5/h6-13,22,25,30H,14-16H2,1-5H3,(H,29,34)/t22-,25+/m1/s1. The number of aromatic amines is 1. The molecule has 0 aliphatic carbocycles. The maximum absolute atomic E-state index is 13.3. The number of H-pyrrole nitrogens is 1. The Morgan fingerprint density at radius 2 is 1.75 bits per heavy atom. The predicted octanol–water partition coefficient (Wildman–Crippen LogP) is 3.94. The quantitative estimate of drug-likeness (QED) is 0.378. The number of nitrogens with one attached hydrogen (secondary N) is 2. The summed E-state index contributed by atoms with van der Waals surface area (Å²) in [5, 5.41) is 4.06. The summed E-state index contributed by atoms with van der Waals surface area (Å²) in [4.78, 5) is 45.8. The molecule has 3 aromatic rings. The average Bonchev–Trinajstić information content (AvgIpc) is 3.23. The number of alkyl halides is 1. The van der Waals surface area contributed by atoms with Crippen molar-refractivity contribution in [2.24, 2.45) is 0 Å². The molecule has 0 fully saturated rings. The molecular formula is C27H33ClN4O3Si. The number of carbonyl (C=O) groups is 3. The van der Waals surface area contributed by atoms with Gasteiger partial charge in [-0.2, -0.15) is 0 Å². The second-order valence-electron chi connectivity index (χ2n) is 10.7. The molecule has 7 nitrogen and oxygen atoms in total. The van der Waals surface area contributed by atoms with Crippen LogP contribution in [0.1, 0.15) is 33.2 Å². The van der Waals surface area contributed by atoms with Crippen LogP contribution in [0.4, 0.5) is 0 Å². The van der Waals surface area contributed by atoms with Gasteiger partial charge in [0.25, 0.3) is 5.91 Å². The minimum atomic E-state index is -1.43. The predicted molar refractivity (Wildman–Crippen MR) is 146 cm³/mol. The van der Waals surface area contributed by atoms with Gasteiger partial charge in [0.05, 0.1) is 14.1 Å². The van der Waals surface area contributed by atoms with E-state index in [4.69, 9.17) is 11.6 Å². The van der Waals surface area contributed by atoms with Crippen LogP contribution < -0.4 is 5.32 Å². The van der Waals surface area contributed by atoms with Gasteiger partial charge in [0.15, 0.2) is 0 Å². The molecule has 0 bridgehead atoms. The summed E-state index contributed by atoms with van der Waals surface area (Å²) in [7, 11) is 1.96. The van der Waals surface area contributed by atoms with Crippen molar-refractivity contribution in [3.05, 3.63) is 70.9 Å². The number of aromatic nitrogens is 1. The zero-order valence-electron chi connectivity index (χ0n) is 21.4. The van der Waals surface area contributed by atoms with Gasteiger partial charge in [0.2, 0.25) is 11.8 Å². The largest absolute Gasteiger partial charge is 0.356 e. The van der Waals surface area contributed by atoms with Gasteiger partial charge in [0, 0.05) is 48.8 Å². The Hall–Kier alpha value is -3.10. The lowest BCUT2D eigenvalue weighted by atomic mass is 9.87. The first-order valence-electron chi connectivity index (χ1n) is 12.1. The number of nitrogens with zero attached hydrogens (tertiary/aromatic N) is 2. The molecule has 2 aromatic carbocycles. The highest BCUT2D eigenvalue weighted by Gasteiger charge is 2.43. The second-order valence-corrected chi connectivity index (χ2v) is 16.5. The number of amides is 3. The number of hydrogen-bond acceptors (Lipinski definition) is 3. The van der Waals surface area contributed by atoms with Crippen LogP contribution in [0.25, 0.3) is 10.9 Å². The van der Waals surface area contributed by atoms with Crippen molar-refractivity contribution in [2.75, 3.05) is 26.1 Å². The highest BCUT2D eigenvalue weighted by molar-refractivity contribution is 6.76. The number of likely N-dealkylation sites (N-methyl/N-ethyl adjacent to an activating group) is 1. The average molecular weight is 525 g/mol. The maximum Gasteiger partial charge on any atom is 0.251 e. The molecule has 1 aliphatic heterocycles. The number of fused-ring (bicyclic) bond motifs is 3. The van der Waals surface area contributed by atoms with Crippen molar-refractivity contribution in [1.82, 2.24) is 20.1 Å². The summed E-state index contributed by atoms with van der Waals surface area (Å²) < 4.78 is 0. The lowest BCUT2D eigenvalue weighted by Crippen LogP contribution is -2.54. The van der Waals surface area contributed by atoms with Crippen LogP contribution in [-0.2, 0) is 16.0 Å². The Morgan fingerprint density at radius 1 is 1.08 bits per heavy atom. The van der Waals surface area contributed by atoms with Gasteiger partial charge >= 0.3 is 0 Å². The van der Waals surface area contributed by atoms with Gasteiger partial charge in [-0.25, -0.2) is 0 Å². The summed E-state index contributed by atoms with van der Waals surface area (Å²) in [5.41, 5.74) is 4.20. The van der Waals surface area contributed by atoms with Crippen molar-refractivity contribution >= 4 is 48.3 Å². The molecule has 0 radical (unpaired) electrons. The second kappa shape index (κ2) is 10.1. The minimum Gasteiger partial charge on any atom is -0.356 e. The van der Waals surface area contributed by atoms with Crippen molar-refractivity contribution in [1.29, 1.82) is 0 Å². The normalized spacial score (nSPS) is 17.6. The molecular weight excluding hydrogens is 492 g/mol. The minimum absolute atomic E-state index is 0.117. The molecule has 0 unspecified atom stereocenters. The first-order valence-corrected chi connectivity index (χ1v) is 16.3. The SMILES string of the molecule is CN(C)C(=O)[C@H]1Cc2c([nH]c3ccccc23)[C@H](c2ccc(C(=O)NC[Si](C)(C)C)cc2)N1C(=O)CCl. The van der Waals surface area contributed by atoms with E-state index in [1.165, 1.54) is 4.90 Å². The molecule has 190 valence electrons. The first kappa shape index (κ1) is 26.0. The molecule has 3 amide bonds. The lowest BCUT2D eigenvalue weighted by molar-refractivity contribution is -0.145. The van der Waals surface area contributed by atoms with E-state index in [2.05, 4.69) is 29.9 Å². The van der Waals surface area contributed by atoms with E-state index in [9.17, 15) is 14.4 Å². The molecule has 2 atom stereocenters. The van der Waals surface area contributed by atoms with Crippen molar-refractivity contribution in [3.8, 4) is 0 Å². The molecule has 0 saturated heterocycles. The van der Waals surface area contributed by atoms with Crippen molar-refractivity contribution in [3.63, 3.8) is 0 Å². The molecule has 1 aliphatic rings. The monoisotopic (exact) mass is 524 g/mol. The molecule has 0 saturated carbocycles. The van der Waals surface area contributed by atoms with Gasteiger partial charge in [-0.1, -0.05) is 50.0 Å². The maximum atomic E-state index is 13.3. The molecule has 2 heterocycles. The topological polar surface area (TPSA) is 85.5 Å². The van der Waals surface area contributed by atoms with Gasteiger partial charge in [-0.05, 0) is 29.3 Å². The summed E-state index contributed by atoms with van der Waals surface area (Å²) in [5.74, 6) is -0.825. The van der Waals surface area contributed by atoms with E-state index in [0.29, 0.717) is 18.2 Å². The zero-order valence-corrected chi connectivity index (χ0v) is 23.1. The Bertz CT molecular complexity index is 1300. The number of rotatable bonds is 6. The Labute approximate surface area is 217 Å². The van der Waals surface area contributed by atoms with E-state index in [1.807, 2.05) is 36.4 Å². The third-order valence-electron chi connectivity index (χ3n) is 6.53. The molecule has 36 heavy (non-hydrogen) atoms. The van der Waals surface area contributed by atoms with Crippen LogP contribution in [-0.4, -0.2) is 72.8 Å². The molecule has 4 rings (SSSR count). The number of halogens is 1. The smallest absolute Gasteiger partial charge is 0.251 e. The Kier molecular flexibility index (Phi) is 7.29. The fourth-order valence-corrected chi connectivity index (χ4v) is 5.60. The van der Waals surface area contributed by atoms with Crippen LogP contribution in [0.3, 0.4) is 0 Å². The molecule has 0 spiro atoms. The van der Waals surface area contributed by atoms with Crippen LogP contribution >= 0.6 is 11.6 Å². The van der Waals surface area contributed by atoms with Gasteiger partial charge in [0.1, 0.15) is 11.9 Å². The van der Waals surface area contributed by atoms with E-state index in [-0.39, 0.29) is 23.6 Å². The van der Waals surface area contributed by atoms with Gasteiger partial charge in [-0.15, -0.1) is 11.6 Å². The van der Waals surface area contributed by atoms with Gasteiger partial charge in [-0.3, -0.25) is 14.4 Å². The van der Waals surface area contributed by atoms with E-state index in [0.717, 1.165) is 27.7 Å². The van der Waals surface area contributed by atoms with Crippen LogP contribution in [0.2, 0.25) is 19.6 Å². The number of hydrogen-bond donors (Lipinski definition) is 2. The highest BCUT2D eigenvalue weighted by Crippen LogP contribution is 2.41. The van der Waals surface area contributed by atoms with Crippen LogP contribution in [0, 0.1) is 0 Å². The Balaban J connectivity index is 1.80. The molecule has 2 N–H and O–H groups in total. The summed E-state index contributed by atoms with van der Waals surface area (Å²) in [6, 6.07) is 14.0. The summed E-state index contributed by atoms with van der Waals surface area (Å²) >= 11 is 6.06. The third-order valence-corrected chi connectivity index (χ3v) is 7.99. The fraction of sp³-hybridized carbons (Fsp3) is 0.370. The zero-order chi connectivity index (χ0) is 26.2. The lowest BCUT2D eigenvalue weighted by Gasteiger charge is -2.42. The number of carbonyl (C=O) groups excluding carboxylic acids is 3. The van der Waals surface area contributed by atoms with Crippen molar-refractivity contribution < 1.29 is 14.4 Å². The highest BCUT2D eigenvalue weighted by atomic mass is 35.5. The van der Waals surface area contributed by atoms with Crippen LogP contribution in [0.15, 0.2) is 48.5 Å². The number of para-hydroxylation sites is 1. The van der Waals surface area contributed by atoms with E-state index >= 15 is 0 Å². The van der Waals surface area contributed by atoms with E-state index < -0.39 is 20.2 Å². The molecule has 9 heteroatoms. The van der Waals surface area contributed by atoms with E-state index in [1.54, 1.807) is 31.1 Å². The third kappa shape index (κ3) is 5.06. The molecule has 1 aromatic heterocycles. The van der Waals surface area contributed by atoms with Gasteiger partial charge < -0.3 is 20.1 Å². The first-order chi connectivity index (χ1) is 17.0. The Morgan fingerprint density at radius 3 is 2.36 bits per heavy atom. The number of benzene rings is 2. The fourth-order valence-electron chi connectivity index (χ4n) is 4.77. The summed E-state index contributed by atoms with van der Waals surface area (Å²) in [6.07, 6.45) is 1.09. The van der Waals surface area contributed by atoms with Crippen molar-refractivity contribution in [2.45, 2.75) is 38.1 Å². The summed E-state index contributed by atoms with van der Waals surface area (Å²) in [6.45, 7) is 6.60. The van der Waals surface area contributed by atoms with Crippen LogP contribution in [0.5, 0.6) is 0 Å².